The second kappa shape index (κ2) is 8.49. The van der Waals surface area contributed by atoms with Crippen LogP contribution in [-0.4, -0.2) is 14.8 Å². The van der Waals surface area contributed by atoms with Crippen molar-refractivity contribution >= 4 is 17.8 Å². The van der Waals surface area contributed by atoms with Crippen molar-refractivity contribution < 1.29 is 8.78 Å². The van der Waals surface area contributed by atoms with Crippen molar-refractivity contribution in [3.63, 3.8) is 0 Å². The van der Waals surface area contributed by atoms with Crippen LogP contribution in [0.15, 0.2) is 91.1 Å². The van der Waals surface area contributed by atoms with E-state index < -0.39 is 17.2 Å². The third-order valence-electron chi connectivity index (χ3n) is 4.76. The Morgan fingerprint density at radius 3 is 2.76 bits per heavy atom. The molecule has 1 aromatic carbocycles. The van der Waals surface area contributed by atoms with E-state index >= 15 is 0 Å². The number of rotatable bonds is 4. The molecule has 3 nitrogen and oxygen atoms in total. The number of benzene rings is 1. The molecule has 1 unspecified atom stereocenters. The van der Waals surface area contributed by atoms with Crippen molar-refractivity contribution in [2.24, 2.45) is 0 Å². The summed E-state index contributed by atoms with van der Waals surface area (Å²) in [6.07, 6.45) is 14.8. The number of halogens is 2. The van der Waals surface area contributed by atoms with Gasteiger partial charge < -0.3 is 0 Å². The average molecular weight is 410 g/mol. The lowest BCUT2D eigenvalue weighted by molar-refractivity contribution is 0.467. The fraction of sp³-hybridized carbons (Fsp3) is 0.130. The van der Waals surface area contributed by atoms with Crippen LogP contribution in [-0.2, 0) is 5.54 Å². The van der Waals surface area contributed by atoms with E-state index in [0.717, 1.165) is 16.7 Å². The molecule has 1 aliphatic rings. The zero-order valence-corrected chi connectivity index (χ0v) is 17.0. The number of nitrogens with zero attached hydrogens (tertiary/aromatic N) is 2. The maximum absolute atomic E-state index is 14.5. The minimum absolute atomic E-state index is 0.261. The van der Waals surface area contributed by atoms with Crippen molar-refractivity contribution in [1.82, 2.24) is 14.8 Å². The number of H-pyrrole nitrogens is 1. The number of fused-ring (bicyclic) bond motifs is 1. The number of nitrogens with one attached hydrogen (secondary N) is 1. The van der Waals surface area contributed by atoms with Crippen molar-refractivity contribution in [3.05, 3.63) is 113 Å². The molecular formula is C23H21F2N3S. The van der Waals surface area contributed by atoms with E-state index in [0.29, 0.717) is 5.56 Å². The Balaban J connectivity index is 2.56. The minimum Gasteiger partial charge on any atom is -0.270 e. The van der Waals surface area contributed by atoms with Gasteiger partial charge in [-0.2, -0.15) is 0 Å². The summed E-state index contributed by atoms with van der Waals surface area (Å²) in [6, 6.07) is 4.55. The van der Waals surface area contributed by atoms with Gasteiger partial charge in [-0.25, -0.2) is 13.8 Å². The second-order valence-electron chi connectivity index (χ2n) is 6.58. The van der Waals surface area contributed by atoms with Crippen molar-refractivity contribution in [2.75, 3.05) is 0 Å². The van der Waals surface area contributed by atoms with Crippen LogP contribution >= 0.6 is 12.2 Å². The first-order chi connectivity index (χ1) is 13.9. The fourth-order valence-corrected chi connectivity index (χ4v) is 3.63. The lowest BCUT2D eigenvalue weighted by atomic mass is 9.78. The molecule has 3 rings (SSSR count). The quantitative estimate of drug-likeness (QED) is 0.472. The highest BCUT2D eigenvalue weighted by Gasteiger charge is 2.38. The summed E-state index contributed by atoms with van der Waals surface area (Å²) in [7, 11) is 0. The maximum Gasteiger partial charge on any atom is 0.213 e. The summed E-state index contributed by atoms with van der Waals surface area (Å²) >= 11 is 5.19. The molecule has 0 bridgehead atoms. The summed E-state index contributed by atoms with van der Waals surface area (Å²) in [5.41, 5.74) is 1.76. The van der Waals surface area contributed by atoms with Crippen LogP contribution in [0.3, 0.4) is 0 Å². The molecule has 0 saturated carbocycles. The highest BCUT2D eigenvalue weighted by molar-refractivity contribution is 7.71. The lowest BCUT2D eigenvalue weighted by Crippen LogP contribution is -2.36. The molecule has 1 aromatic heterocycles. The van der Waals surface area contributed by atoms with E-state index in [-0.39, 0.29) is 4.77 Å². The summed E-state index contributed by atoms with van der Waals surface area (Å²) in [4.78, 5) is 4.14. The van der Waals surface area contributed by atoms with Crippen LogP contribution in [0.4, 0.5) is 8.78 Å². The van der Waals surface area contributed by atoms with Crippen LogP contribution in [0.2, 0.25) is 0 Å². The Bertz CT molecular complexity index is 1140. The zero-order chi connectivity index (χ0) is 21.0. The number of hydrogen-bond acceptors (Lipinski definition) is 2. The Hall–Kier alpha value is -3.12. The van der Waals surface area contributed by atoms with Gasteiger partial charge in [0.15, 0.2) is 0 Å². The molecule has 0 amide bonds. The molecule has 0 radical (unpaired) electrons. The first-order valence-corrected chi connectivity index (χ1v) is 9.47. The molecule has 0 saturated heterocycles. The third kappa shape index (κ3) is 3.89. The van der Waals surface area contributed by atoms with E-state index in [4.69, 9.17) is 12.2 Å². The average Bonchev–Trinajstić information content (AvgIpc) is 3.14. The SMILES string of the molecule is C=C/C=C(\C=C/C)C1(n2cnc(=S)[nH]2)/C=C/C(F)=C\C=C(/C)c2ccc(F)cc21. The van der Waals surface area contributed by atoms with Gasteiger partial charge in [-0.15, -0.1) is 0 Å². The molecule has 6 heteroatoms. The summed E-state index contributed by atoms with van der Waals surface area (Å²) < 4.78 is 30.9. The van der Waals surface area contributed by atoms with Crippen molar-refractivity contribution in [3.8, 4) is 0 Å². The largest absolute Gasteiger partial charge is 0.270 e. The molecule has 2 aromatic rings. The van der Waals surface area contributed by atoms with Crippen LogP contribution in [0, 0.1) is 10.6 Å². The molecule has 0 spiro atoms. The van der Waals surface area contributed by atoms with Gasteiger partial charge >= 0.3 is 0 Å². The summed E-state index contributed by atoms with van der Waals surface area (Å²) in [5.74, 6) is -0.835. The first-order valence-electron chi connectivity index (χ1n) is 9.06. The molecule has 1 N–H and O–H groups in total. The lowest BCUT2D eigenvalue weighted by Gasteiger charge is -2.35. The zero-order valence-electron chi connectivity index (χ0n) is 16.2. The van der Waals surface area contributed by atoms with Gasteiger partial charge in [0.25, 0.3) is 0 Å². The predicted octanol–water partition coefficient (Wildman–Crippen LogP) is 6.34. The highest BCUT2D eigenvalue weighted by atomic mass is 32.1. The molecular weight excluding hydrogens is 388 g/mol. The number of aromatic amines is 1. The van der Waals surface area contributed by atoms with Gasteiger partial charge in [-0.05, 0) is 78.7 Å². The van der Waals surface area contributed by atoms with E-state index in [1.54, 1.807) is 35.1 Å². The molecule has 0 fully saturated rings. The Morgan fingerprint density at radius 1 is 1.31 bits per heavy atom. The van der Waals surface area contributed by atoms with Crippen LogP contribution < -0.4 is 0 Å². The topological polar surface area (TPSA) is 33.6 Å². The summed E-state index contributed by atoms with van der Waals surface area (Å²) in [5, 5.41) is 3.02. The molecule has 1 aliphatic carbocycles. The fourth-order valence-electron chi connectivity index (χ4n) is 3.48. The summed E-state index contributed by atoms with van der Waals surface area (Å²) in [6.45, 7) is 7.54. The second-order valence-corrected chi connectivity index (χ2v) is 6.97. The van der Waals surface area contributed by atoms with Gasteiger partial charge in [0.05, 0.1) is 0 Å². The van der Waals surface area contributed by atoms with Crippen molar-refractivity contribution in [1.29, 1.82) is 0 Å². The van der Waals surface area contributed by atoms with Gasteiger partial charge in [0, 0.05) is 0 Å². The first kappa shape index (κ1) is 20.6. The minimum atomic E-state index is -1.15. The Kier molecular flexibility index (Phi) is 6.03. The predicted molar refractivity (Wildman–Crippen MR) is 116 cm³/mol. The molecule has 29 heavy (non-hydrogen) atoms. The van der Waals surface area contributed by atoms with E-state index in [1.165, 1.54) is 30.6 Å². The number of allylic oxidation sites excluding steroid dienone is 11. The Labute approximate surface area is 173 Å². The van der Waals surface area contributed by atoms with Gasteiger partial charge in [-0.1, -0.05) is 43.0 Å². The number of aromatic nitrogens is 3. The van der Waals surface area contributed by atoms with E-state index in [1.807, 2.05) is 26.0 Å². The third-order valence-corrected chi connectivity index (χ3v) is 4.96. The molecule has 1 heterocycles. The smallest absolute Gasteiger partial charge is 0.213 e. The van der Waals surface area contributed by atoms with Crippen LogP contribution in [0.5, 0.6) is 0 Å². The van der Waals surface area contributed by atoms with Gasteiger partial charge in [0.2, 0.25) is 4.77 Å². The maximum atomic E-state index is 14.5. The Morgan fingerprint density at radius 2 is 2.10 bits per heavy atom. The standard InChI is InChI=1S/C23H21F2N3S/c1-4-6-17(7-5-2)23(28-15-26-22(29)27-28)13-12-18(24)9-8-16(3)20-11-10-19(25)14-21(20)23/h4-15H,1H2,2-3H3,(H,27,29)/b7-5-,13-12+,16-8+,17-6+,18-9+. The highest BCUT2D eigenvalue weighted by Crippen LogP contribution is 2.41. The molecule has 0 aliphatic heterocycles. The van der Waals surface area contributed by atoms with E-state index in [9.17, 15) is 8.78 Å². The number of hydrogen-bond donors (Lipinski definition) is 1. The van der Waals surface area contributed by atoms with E-state index in [2.05, 4.69) is 16.7 Å². The normalized spacial score (nSPS) is 24.5. The monoisotopic (exact) mass is 409 g/mol. The van der Waals surface area contributed by atoms with Crippen molar-refractivity contribution in [2.45, 2.75) is 19.4 Å². The van der Waals surface area contributed by atoms with Crippen LogP contribution in [0.1, 0.15) is 25.0 Å². The molecule has 148 valence electrons. The van der Waals surface area contributed by atoms with Gasteiger partial charge in [-0.3, -0.25) is 9.78 Å². The van der Waals surface area contributed by atoms with Crippen LogP contribution in [0.25, 0.3) is 5.57 Å². The molecule has 1 atom stereocenters. The van der Waals surface area contributed by atoms with Gasteiger partial charge in [0.1, 0.15) is 23.5 Å².